The Kier molecular flexibility index (Phi) is 3.78. The predicted molar refractivity (Wildman–Crippen MR) is 72.7 cm³/mol. The molecule has 2 aliphatic heterocycles. The van der Waals surface area contributed by atoms with Crippen molar-refractivity contribution in [1.29, 1.82) is 0 Å². The zero-order valence-electron chi connectivity index (χ0n) is 11.6. The topological polar surface area (TPSA) is 67.6 Å². The molecular formula is C14H25N3O2. The summed E-state index contributed by atoms with van der Waals surface area (Å²) < 4.78 is 5.85. The average Bonchev–Trinajstić information content (AvgIpc) is 2.83. The van der Waals surface area contributed by atoms with Crippen LogP contribution in [0.1, 0.15) is 32.1 Å². The van der Waals surface area contributed by atoms with E-state index in [1.807, 2.05) is 0 Å². The van der Waals surface area contributed by atoms with Crippen molar-refractivity contribution < 1.29 is 9.53 Å². The second kappa shape index (κ2) is 5.38. The number of carbonyl (C=O) groups is 1. The van der Waals surface area contributed by atoms with Gasteiger partial charge in [0, 0.05) is 25.7 Å². The predicted octanol–water partition coefficient (Wildman–Crippen LogP) is 0.0948. The van der Waals surface area contributed by atoms with Crippen LogP contribution >= 0.6 is 0 Å². The van der Waals surface area contributed by atoms with Gasteiger partial charge in [0.15, 0.2) is 0 Å². The van der Waals surface area contributed by atoms with E-state index in [1.54, 1.807) is 0 Å². The Morgan fingerprint density at radius 3 is 2.95 bits per heavy atom. The van der Waals surface area contributed by atoms with Crippen molar-refractivity contribution in [3.05, 3.63) is 0 Å². The average molecular weight is 267 g/mol. The van der Waals surface area contributed by atoms with Crippen LogP contribution in [0.4, 0.5) is 0 Å². The van der Waals surface area contributed by atoms with E-state index < -0.39 is 0 Å². The van der Waals surface area contributed by atoms with E-state index in [2.05, 4.69) is 10.2 Å². The Labute approximate surface area is 114 Å². The Balaban J connectivity index is 1.46. The van der Waals surface area contributed by atoms with Gasteiger partial charge in [-0.25, -0.2) is 0 Å². The minimum Gasteiger partial charge on any atom is -0.373 e. The number of hydrogen-bond acceptors (Lipinski definition) is 4. The second-order valence-electron chi connectivity index (χ2n) is 6.29. The zero-order chi connectivity index (χ0) is 13.3. The summed E-state index contributed by atoms with van der Waals surface area (Å²) in [4.78, 5) is 14.7. The van der Waals surface area contributed by atoms with Gasteiger partial charge in [-0.1, -0.05) is 6.42 Å². The third-order valence-electron chi connectivity index (χ3n) is 5.13. The molecule has 3 rings (SSSR count). The molecule has 2 atom stereocenters. The summed E-state index contributed by atoms with van der Waals surface area (Å²) in [5.74, 6) is 0.133. The smallest absolute Gasteiger partial charge is 0.227 e. The van der Waals surface area contributed by atoms with Gasteiger partial charge in [-0.2, -0.15) is 0 Å². The first-order chi connectivity index (χ1) is 9.23. The number of carbonyl (C=O) groups excluding carboxylic acids is 1. The Hall–Kier alpha value is -0.650. The van der Waals surface area contributed by atoms with Crippen LogP contribution < -0.4 is 11.1 Å². The van der Waals surface area contributed by atoms with Crippen LogP contribution in [0.2, 0.25) is 0 Å². The van der Waals surface area contributed by atoms with E-state index in [-0.39, 0.29) is 17.4 Å². The molecule has 5 nitrogen and oxygen atoms in total. The van der Waals surface area contributed by atoms with Crippen LogP contribution in [-0.2, 0) is 9.53 Å². The highest BCUT2D eigenvalue weighted by Gasteiger charge is 2.43. The van der Waals surface area contributed by atoms with Gasteiger partial charge >= 0.3 is 0 Å². The van der Waals surface area contributed by atoms with E-state index in [9.17, 15) is 4.79 Å². The molecule has 19 heavy (non-hydrogen) atoms. The lowest BCUT2D eigenvalue weighted by molar-refractivity contribution is -0.136. The van der Waals surface area contributed by atoms with Crippen LogP contribution in [0.3, 0.4) is 0 Å². The number of nitrogens with one attached hydrogen (secondary N) is 1. The standard InChI is InChI=1S/C14H25N3O2/c15-10-14(4-2-5-14)13(18)16-7-12-8-17-6-1-3-11(17)9-19-12/h11-12H,1-10,15H2,(H,16,18). The molecule has 3 aliphatic rings. The Morgan fingerprint density at radius 2 is 2.26 bits per heavy atom. The fourth-order valence-corrected chi connectivity index (χ4v) is 3.53. The van der Waals surface area contributed by atoms with Gasteiger partial charge in [0.2, 0.25) is 5.91 Å². The molecule has 0 aromatic rings. The van der Waals surface area contributed by atoms with Gasteiger partial charge < -0.3 is 15.8 Å². The van der Waals surface area contributed by atoms with Crippen LogP contribution in [0.15, 0.2) is 0 Å². The van der Waals surface area contributed by atoms with Crippen molar-refractivity contribution in [3.63, 3.8) is 0 Å². The van der Waals surface area contributed by atoms with Gasteiger partial charge in [0.1, 0.15) is 0 Å². The lowest BCUT2D eigenvalue weighted by Crippen LogP contribution is -2.54. The van der Waals surface area contributed by atoms with Gasteiger partial charge in [0.05, 0.1) is 18.1 Å². The Morgan fingerprint density at radius 1 is 1.42 bits per heavy atom. The molecule has 2 heterocycles. The summed E-state index contributed by atoms with van der Waals surface area (Å²) in [6.45, 7) is 4.07. The van der Waals surface area contributed by atoms with E-state index >= 15 is 0 Å². The minimum absolute atomic E-state index is 0.133. The summed E-state index contributed by atoms with van der Waals surface area (Å²) in [7, 11) is 0. The fraction of sp³-hybridized carbons (Fsp3) is 0.929. The highest BCUT2D eigenvalue weighted by atomic mass is 16.5. The van der Waals surface area contributed by atoms with Crippen LogP contribution in [0.5, 0.6) is 0 Å². The number of morpholine rings is 1. The van der Waals surface area contributed by atoms with Crippen molar-refractivity contribution in [2.75, 3.05) is 32.8 Å². The summed E-state index contributed by atoms with van der Waals surface area (Å²) in [5, 5.41) is 3.06. The molecule has 2 saturated heterocycles. The monoisotopic (exact) mass is 267 g/mol. The molecule has 3 fully saturated rings. The van der Waals surface area contributed by atoms with Gasteiger partial charge in [-0.3, -0.25) is 9.69 Å². The van der Waals surface area contributed by atoms with E-state index in [1.165, 1.54) is 19.4 Å². The highest BCUT2D eigenvalue weighted by Crippen LogP contribution is 2.40. The fourth-order valence-electron chi connectivity index (χ4n) is 3.53. The van der Waals surface area contributed by atoms with Crippen molar-refractivity contribution in [1.82, 2.24) is 10.2 Å². The first-order valence-corrected chi connectivity index (χ1v) is 7.57. The number of fused-ring (bicyclic) bond motifs is 1. The SMILES string of the molecule is NCC1(C(=O)NCC2CN3CCCC3CO2)CCC1. The molecule has 108 valence electrons. The summed E-state index contributed by atoms with van der Waals surface area (Å²) >= 11 is 0. The van der Waals surface area contributed by atoms with Gasteiger partial charge in [-0.15, -0.1) is 0 Å². The molecular weight excluding hydrogens is 242 g/mol. The molecule has 0 bridgehead atoms. The Bertz CT molecular complexity index is 338. The van der Waals surface area contributed by atoms with Gasteiger partial charge in [-0.05, 0) is 32.2 Å². The summed E-state index contributed by atoms with van der Waals surface area (Å²) in [6, 6.07) is 0.619. The minimum atomic E-state index is -0.273. The molecule has 0 aromatic carbocycles. The number of rotatable bonds is 4. The number of amides is 1. The molecule has 1 aliphatic carbocycles. The maximum atomic E-state index is 12.2. The number of ether oxygens (including phenoxy) is 1. The van der Waals surface area contributed by atoms with E-state index in [4.69, 9.17) is 10.5 Å². The third kappa shape index (κ3) is 2.51. The van der Waals surface area contributed by atoms with E-state index in [0.29, 0.717) is 19.1 Å². The van der Waals surface area contributed by atoms with Crippen molar-refractivity contribution in [2.24, 2.45) is 11.1 Å². The molecule has 0 radical (unpaired) electrons. The molecule has 1 amide bonds. The zero-order valence-corrected chi connectivity index (χ0v) is 11.6. The third-order valence-corrected chi connectivity index (χ3v) is 5.13. The van der Waals surface area contributed by atoms with Crippen LogP contribution in [-0.4, -0.2) is 55.7 Å². The van der Waals surface area contributed by atoms with Gasteiger partial charge in [0.25, 0.3) is 0 Å². The highest BCUT2D eigenvalue weighted by molar-refractivity contribution is 5.83. The largest absolute Gasteiger partial charge is 0.373 e. The normalized spacial score (nSPS) is 33.5. The van der Waals surface area contributed by atoms with Crippen LogP contribution in [0, 0.1) is 5.41 Å². The quantitative estimate of drug-likeness (QED) is 0.758. The molecule has 2 unspecified atom stereocenters. The number of hydrogen-bond donors (Lipinski definition) is 2. The molecule has 5 heteroatoms. The molecule has 0 aromatic heterocycles. The first kappa shape index (κ1) is 13.3. The maximum absolute atomic E-state index is 12.2. The lowest BCUT2D eigenvalue weighted by Gasteiger charge is -2.40. The van der Waals surface area contributed by atoms with Crippen molar-refractivity contribution in [3.8, 4) is 0 Å². The lowest BCUT2D eigenvalue weighted by atomic mass is 9.68. The van der Waals surface area contributed by atoms with Crippen molar-refractivity contribution in [2.45, 2.75) is 44.2 Å². The summed E-state index contributed by atoms with van der Waals surface area (Å²) in [5.41, 5.74) is 5.48. The second-order valence-corrected chi connectivity index (χ2v) is 6.29. The molecule has 1 saturated carbocycles. The van der Waals surface area contributed by atoms with E-state index in [0.717, 1.165) is 32.4 Å². The summed E-state index contributed by atoms with van der Waals surface area (Å²) in [6.07, 6.45) is 5.69. The first-order valence-electron chi connectivity index (χ1n) is 7.57. The number of nitrogens with zero attached hydrogens (tertiary/aromatic N) is 1. The number of nitrogens with two attached hydrogens (primary N) is 1. The van der Waals surface area contributed by atoms with Crippen LogP contribution in [0.25, 0.3) is 0 Å². The molecule has 3 N–H and O–H groups in total. The van der Waals surface area contributed by atoms with Crippen molar-refractivity contribution >= 4 is 5.91 Å². The molecule has 0 spiro atoms. The maximum Gasteiger partial charge on any atom is 0.227 e.